The number of hydrogen-bond acceptors (Lipinski definition) is 6. The number of ether oxygens (including phenoxy) is 1. The molecule has 1 saturated heterocycles. The molecule has 1 aromatic carbocycles. The number of benzene rings is 1. The molecule has 5 nitrogen and oxygen atoms in total. The Morgan fingerprint density at radius 1 is 1.33 bits per heavy atom. The van der Waals surface area contributed by atoms with E-state index in [2.05, 4.69) is 27.3 Å². The van der Waals surface area contributed by atoms with E-state index in [1.54, 1.807) is 0 Å². The number of hydrogen-bond donors (Lipinski definition) is 1. The number of carbonyl (C=O) groups excluding carboxylic acids is 1. The van der Waals surface area contributed by atoms with Gasteiger partial charge in [-0.15, -0.1) is 11.3 Å². The molecule has 1 N–H and O–H groups in total. The molecule has 0 bridgehead atoms. The second kappa shape index (κ2) is 6.53. The van der Waals surface area contributed by atoms with Crippen LogP contribution in [0.15, 0.2) is 23.6 Å². The summed E-state index contributed by atoms with van der Waals surface area (Å²) < 4.78 is 5.66. The monoisotopic (exact) mass is 343 g/mol. The predicted octanol–water partition coefficient (Wildman–Crippen LogP) is 2.50. The average Bonchev–Trinajstić information content (AvgIpc) is 2.84. The van der Waals surface area contributed by atoms with Crippen molar-refractivity contribution in [2.24, 2.45) is 0 Å². The molecule has 24 heavy (non-hydrogen) atoms. The van der Waals surface area contributed by atoms with Crippen LogP contribution in [-0.4, -0.2) is 37.1 Å². The van der Waals surface area contributed by atoms with Gasteiger partial charge in [0.05, 0.1) is 0 Å². The molecular weight excluding hydrogens is 322 g/mol. The third-order valence-corrected chi connectivity index (χ3v) is 5.69. The zero-order chi connectivity index (χ0) is 16.5. The lowest BCUT2D eigenvalue weighted by Gasteiger charge is -2.26. The number of thiazole rings is 1. The molecule has 6 heteroatoms. The van der Waals surface area contributed by atoms with E-state index >= 15 is 0 Å². The standard InChI is InChI=1S/C18H21N3O2S/c1-12-11-24-17(20-12)15-9-13-3-4-14(10-16(13)23-18(15)22)21-7-2-5-19-6-8-21/h3-4,10-11,15,19H,2,5-9H2,1H3. The van der Waals surface area contributed by atoms with Crippen molar-refractivity contribution in [3.05, 3.63) is 39.8 Å². The van der Waals surface area contributed by atoms with Crippen LogP contribution in [0.3, 0.4) is 0 Å². The average molecular weight is 343 g/mol. The summed E-state index contributed by atoms with van der Waals surface area (Å²) in [5.74, 6) is 0.246. The maximum Gasteiger partial charge on any atom is 0.321 e. The minimum atomic E-state index is -0.274. The maximum atomic E-state index is 12.4. The first-order chi connectivity index (χ1) is 11.7. The van der Waals surface area contributed by atoms with Gasteiger partial charge in [-0.25, -0.2) is 4.98 Å². The summed E-state index contributed by atoms with van der Waals surface area (Å²) in [4.78, 5) is 19.2. The van der Waals surface area contributed by atoms with Gasteiger partial charge in [0.15, 0.2) is 0 Å². The summed E-state index contributed by atoms with van der Waals surface area (Å²) >= 11 is 1.54. The lowest BCUT2D eigenvalue weighted by molar-refractivity contribution is -0.137. The van der Waals surface area contributed by atoms with Crippen molar-refractivity contribution in [3.63, 3.8) is 0 Å². The molecule has 1 fully saturated rings. The fourth-order valence-electron chi connectivity index (χ4n) is 3.31. The van der Waals surface area contributed by atoms with E-state index in [9.17, 15) is 4.79 Å². The number of anilines is 1. The van der Waals surface area contributed by atoms with Gasteiger partial charge in [0, 0.05) is 42.5 Å². The molecule has 4 rings (SSSR count). The highest BCUT2D eigenvalue weighted by molar-refractivity contribution is 7.09. The molecular formula is C18H21N3O2S. The van der Waals surface area contributed by atoms with E-state index in [-0.39, 0.29) is 11.9 Å². The Labute approximate surface area is 145 Å². The number of nitrogens with zero attached hydrogens (tertiary/aromatic N) is 2. The molecule has 0 aliphatic carbocycles. The van der Waals surface area contributed by atoms with Gasteiger partial charge in [-0.05, 0) is 37.9 Å². The van der Waals surface area contributed by atoms with E-state index < -0.39 is 0 Å². The molecule has 0 radical (unpaired) electrons. The van der Waals surface area contributed by atoms with E-state index in [0.29, 0.717) is 12.2 Å². The van der Waals surface area contributed by atoms with Crippen molar-refractivity contribution in [2.45, 2.75) is 25.7 Å². The Bertz CT molecular complexity index is 750. The normalized spacial score (nSPS) is 21.1. The summed E-state index contributed by atoms with van der Waals surface area (Å²) in [5, 5.41) is 6.24. The van der Waals surface area contributed by atoms with Crippen LogP contribution in [0.1, 0.15) is 28.6 Å². The second-order valence-corrected chi connectivity index (χ2v) is 7.28. The van der Waals surface area contributed by atoms with Gasteiger partial charge < -0.3 is 15.0 Å². The first kappa shape index (κ1) is 15.6. The number of rotatable bonds is 2. The van der Waals surface area contributed by atoms with Gasteiger partial charge in [-0.2, -0.15) is 0 Å². The number of aromatic nitrogens is 1. The Balaban J connectivity index is 1.58. The minimum absolute atomic E-state index is 0.188. The van der Waals surface area contributed by atoms with Crippen molar-refractivity contribution >= 4 is 23.0 Å². The van der Waals surface area contributed by atoms with Gasteiger partial charge in [0.25, 0.3) is 0 Å². The van der Waals surface area contributed by atoms with Gasteiger partial charge in [0.1, 0.15) is 16.7 Å². The molecule has 1 atom stereocenters. The highest BCUT2D eigenvalue weighted by atomic mass is 32.1. The maximum absolute atomic E-state index is 12.4. The van der Waals surface area contributed by atoms with Gasteiger partial charge in [-0.3, -0.25) is 4.79 Å². The van der Waals surface area contributed by atoms with Crippen LogP contribution in [0.2, 0.25) is 0 Å². The fraction of sp³-hybridized carbons (Fsp3) is 0.444. The van der Waals surface area contributed by atoms with Gasteiger partial charge >= 0.3 is 5.97 Å². The van der Waals surface area contributed by atoms with Crippen LogP contribution < -0.4 is 15.0 Å². The molecule has 2 aliphatic rings. The fourth-order valence-corrected chi connectivity index (χ4v) is 4.20. The third-order valence-electron chi connectivity index (χ3n) is 4.61. The summed E-state index contributed by atoms with van der Waals surface area (Å²) in [6.07, 6.45) is 1.80. The van der Waals surface area contributed by atoms with Crippen molar-refractivity contribution in [3.8, 4) is 5.75 Å². The smallest absolute Gasteiger partial charge is 0.321 e. The Morgan fingerprint density at radius 2 is 2.25 bits per heavy atom. The molecule has 2 aliphatic heterocycles. The summed E-state index contributed by atoms with van der Waals surface area (Å²) in [6.45, 7) is 6.01. The first-order valence-corrected chi connectivity index (χ1v) is 9.31. The van der Waals surface area contributed by atoms with Gasteiger partial charge in [-0.1, -0.05) is 6.07 Å². The summed E-state index contributed by atoms with van der Waals surface area (Å²) in [5.41, 5.74) is 3.18. The van der Waals surface area contributed by atoms with E-state index in [4.69, 9.17) is 4.74 Å². The summed E-state index contributed by atoms with van der Waals surface area (Å²) in [6, 6.07) is 6.26. The van der Waals surface area contributed by atoms with Crippen molar-refractivity contribution in [2.75, 3.05) is 31.1 Å². The van der Waals surface area contributed by atoms with Crippen molar-refractivity contribution in [1.82, 2.24) is 10.3 Å². The topological polar surface area (TPSA) is 54.5 Å². The number of fused-ring (bicyclic) bond motifs is 1. The highest BCUT2D eigenvalue weighted by Crippen LogP contribution is 2.36. The molecule has 0 spiro atoms. The zero-order valence-electron chi connectivity index (χ0n) is 13.7. The Hall–Kier alpha value is -1.92. The summed E-state index contributed by atoms with van der Waals surface area (Å²) in [7, 11) is 0. The first-order valence-electron chi connectivity index (χ1n) is 8.43. The van der Waals surface area contributed by atoms with Crippen LogP contribution in [0, 0.1) is 6.92 Å². The Morgan fingerprint density at radius 3 is 3.08 bits per heavy atom. The molecule has 1 aromatic heterocycles. The predicted molar refractivity (Wildman–Crippen MR) is 95.1 cm³/mol. The minimum Gasteiger partial charge on any atom is -0.426 e. The largest absolute Gasteiger partial charge is 0.426 e. The number of aryl methyl sites for hydroxylation is 1. The number of nitrogens with one attached hydrogen (secondary N) is 1. The van der Waals surface area contributed by atoms with Crippen LogP contribution in [-0.2, 0) is 11.2 Å². The lowest BCUT2D eigenvalue weighted by Crippen LogP contribution is -2.29. The van der Waals surface area contributed by atoms with Crippen molar-refractivity contribution in [1.29, 1.82) is 0 Å². The van der Waals surface area contributed by atoms with Crippen molar-refractivity contribution < 1.29 is 9.53 Å². The van der Waals surface area contributed by atoms with Crippen LogP contribution in [0.4, 0.5) is 5.69 Å². The molecule has 2 aromatic rings. The zero-order valence-corrected chi connectivity index (χ0v) is 14.6. The second-order valence-electron chi connectivity index (χ2n) is 6.39. The third kappa shape index (κ3) is 3.03. The molecule has 126 valence electrons. The molecule has 0 amide bonds. The molecule has 3 heterocycles. The van der Waals surface area contributed by atoms with E-state index in [0.717, 1.165) is 54.6 Å². The SMILES string of the molecule is Cc1csc(C2Cc3ccc(N4CCCNCC4)cc3OC2=O)n1. The van der Waals surface area contributed by atoms with Crippen LogP contribution >= 0.6 is 11.3 Å². The lowest BCUT2D eigenvalue weighted by atomic mass is 9.96. The number of esters is 1. The molecule has 1 unspecified atom stereocenters. The van der Waals surface area contributed by atoms with Crippen LogP contribution in [0.5, 0.6) is 5.75 Å². The molecule has 0 saturated carbocycles. The number of carbonyl (C=O) groups is 1. The van der Waals surface area contributed by atoms with Crippen LogP contribution in [0.25, 0.3) is 0 Å². The van der Waals surface area contributed by atoms with E-state index in [1.165, 1.54) is 11.3 Å². The van der Waals surface area contributed by atoms with E-state index in [1.807, 2.05) is 18.4 Å². The quantitative estimate of drug-likeness (QED) is 0.671. The van der Waals surface area contributed by atoms with Gasteiger partial charge in [0.2, 0.25) is 0 Å². The highest BCUT2D eigenvalue weighted by Gasteiger charge is 2.32. The Kier molecular flexibility index (Phi) is 4.24.